The molecule has 1 aliphatic heterocycles. The Hall–Kier alpha value is -1.85. The Kier molecular flexibility index (Phi) is 9.68. The number of fused-ring (bicyclic) bond motifs is 5. The number of hydrogen-bond acceptors (Lipinski definition) is 10. The number of rotatable bonds is 8. The molecular formula is C35H54O10. The normalized spacial score (nSPS) is 46.0. The molecule has 5 aliphatic rings. The minimum absolute atomic E-state index is 0.0514. The quantitative estimate of drug-likeness (QED) is 0.294. The fourth-order valence-corrected chi connectivity index (χ4v) is 9.96. The highest BCUT2D eigenvalue weighted by Crippen LogP contribution is 2.69. The Labute approximate surface area is 267 Å². The van der Waals surface area contributed by atoms with Gasteiger partial charge in [-0.25, -0.2) is 0 Å². The van der Waals surface area contributed by atoms with Crippen LogP contribution in [0.4, 0.5) is 0 Å². The number of aliphatic hydroxyl groups is 2. The number of carbonyl (C=O) groups is 3. The van der Waals surface area contributed by atoms with Crippen molar-refractivity contribution in [2.45, 2.75) is 148 Å². The van der Waals surface area contributed by atoms with Crippen molar-refractivity contribution in [1.29, 1.82) is 0 Å². The number of allylic oxidation sites excluding steroid dienone is 1. The van der Waals surface area contributed by atoms with E-state index in [0.717, 1.165) is 0 Å². The highest BCUT2D eigenvalue weighted by Gasteiger charge is 2.75. The Morgan fingerprint density at radius 3 is 2.44 bits per heavy atom. The second-order valence-corrected chi connectivity index (χ2v) is 15.3. The maximum atomic E-state index is 13.3. The number of esters is 2. The van der Waals surface area contributed by atoms with E-state index in [0.29, 0.717) is 44.9 Å². The van der Waals surface area contributed by atoms with E-state index in [-0.39, 0.29) is 42.2 Å². The van der Waals surface area contributed by atoms with Crippen molar-refractivity contribution in [3.05, 3.63) is 11.6 Å². The molecule has 10 nitrogen and oxygen atoms in total. The summed E-state index contributed by atoms with van der Waals surface area (Å²) in [7, 11) is 1.58. The molecule has 5 rings (SSSR count). The summed E-state index contributed by atoms with van der Waals surface area (Å²) < 4.78 is 30.4. The predicted octanol–water partition coefficient (Wildman–Crippen LogP) is 4.27. The summed E-state index contributed by atoms with van der Waals surface area (Å²) in [4.78, 5) is 39.2. The molecule has 1 heterocycles. The van der Waals surface area contributed by atoms with Crippen LogP contribution in [0, 0.1) is 34.5 Å². The molecule has 10 heteroatoms. The van der Waals surface area contributed by atoms with Crippen molar-refractivity contribution in [1.82, 2.24) is 0 Å². The van der Waals surface area contributed by atoms with E-state index in [1.165, 1.54) is 19.4 Å². The fourth-order valence-electron chi connectivity index (χ4n) is 9.96. The average Bonchev–Trinajstić information content (AvgIpc) is 3.23. The Morgan fingerprint density at radius 1 is 1.11 bits per heavy atom. The lowest BCUT2D eigenvalue weighted by Gasteiger charge is -2.64. The van der Waals surface area contributed by atoms with Crippen LogP contribution >= 0.6 is 0 Å². The van der Waals surface area contributed by atoms with Crippen molar-refractivity contribution in [3.8, 4) is 0 Å². The van der Waals surface area contributed by atoms with E-state index in [1.807, 2.05) is 27.7 Å². The lowest BCUT2D eigenvalue weighted by atomic mass is 9.44. The van der Waals surface area contributed by atoms with Gasteiger partial charge < -0.3 is 33.9 Å². The Balaban J connectivity index is 1.50. The zero-order chi connectivity index (χ0) is 33.1. The monoisotopic (exact) mass is 634 g/mol. The number of aliphatic hydroxyl groups excluding tert-OH is 1. The number of carbonyl (C=O) groups excluding carboxylic acids is 3. The van der Waals surface area contributed by atoms with Gasteiger partial charge in [-0.2, -0.15) is 0 Å². The summed E-state index contributed by atoms with van der Waals surface area (Å²) in [5, 5.41) is 23.2. The lowest BCUT2D eigenvalue weighted by Crippen LogP contribution is -2.72. The summed E-state index contributed by atoms with van der Waals surface area (Å²) in [6, 6.07) is 0. The number of Topliss-reactive ketones (excluding diaryl/α,β-unsaturated/α-hetero) is 1. The summed E-state index contributed by atoms with van der Waals surface area (Å²) in [6.07, 6.45) is 2.40. The third-order valence-electron chi connectivity index (χ3n) is 12.2. The smallest absolute Gasteiger partial charge is 0.306 e. The number of hydrogen-bond donors (Lipinski definition) is 2. The number of ketones is 1. The molecule has 0 aromatic rings. The van der Waals surface area contributed by atoms with Crippen molar-refractivity contribution < 1.29 is 48.3 Å². The van der Waals surface area contributed by atoms with Gasteiger partial charge >= 0.3 is 11.9 Å². The highest BCUT2D eigenvalue weighted by atomic mass is 16.7. The van der Waals surface area contributed by atoms with Gasteiger partial charge in [0.25, 0.3) is 0 Å². The topological polar surface area (TPSA) is 138 Å². The molecule has 4 aliphatic carbocycles. The SMILES string of the molecule is COC1CC(OC2CCC3(C)C(=CCC4C3C(OC(C)=O)C(OC(=O)CC(C)C)C3(C)C(C(C)=O)CCC43O)C2)OC(C)C1O. The third kappa shape index (κ3) is 5.81. The van der Waals surface area contributed by atoms with Crippen LogP contribution in [0.3, 0.4) is 0 Å². The molecule has 0 aromatic heterocycles. The van der Waals surface area contributed by atoms with Crippen LogP contribution in [0.1, 0.15) is 99.8 Å². The van der Waals surface area contributed by atoms with Crippen molar-refractivity contribution in [2.75, 3.05) is 7.11 Å². The largest absolute Gasteiger partial charge is 0.458 e. The third-order valence-corrected chi connectivity index (χ3v) is 12.2. The fraction of sp³-hybridized carbons (Fsp3) is 0.857. The summed E-state index contributed by atoms with van der Waals surface area (Å²) in [5.74, 6) is -2.07. The zero-order valence-corrected chi connectivity index (χ0v) is 28.2. The molecule has 13 atom stereocenters. The first-order valence-corrected chi connectivity index (χ1v) is 16.9. The molecule has 13 unspecified atom stereocenters. The summed E-state index contributed by atoms with van der Waals surface area (Å²) >= 11 is 0. The maximum Gasteiger partial charge on any atom is 0.306 e. The van der Waals surface area contributed by atoms with Crippen LogP contribution < -0.4 is 0 Å². The Morgan fingerprint density at radius 2 is 1.82 bits per heavy atom. The van der Waals surface area contributed by atoms with E-state index in [4.69, 9.17) is 23.7 Å². The van der Waals surface area contributed by atoms with Gasteiger partial charge in [-0.3, -0.25) is 14.4 Å². The average molecular weight is 635 g/mol. The van der Waals surface area contributed by atoms with Gasteiger partial charge in [0.2, 0.25) is 0 Å². The molecule has 0 amide bonds. The van der Waals surface area contributed by atoms with Crippen LogP contribution in [0.15, 0.2) is 11.6 Å². The minimum atomic E-state index is -1.30. The first kappa shape index (κ1) is 34.5. The van der Waals surface area contributed by atoms with Crippen LogP contribution in [0.25, 0.3) is 0 Å². The van der Waals surface area contributed by atoms with Crippen molar-refractivity contribution in [3.63, 3.8) is 0 Å². The molecule has 4 fully saturated rings. The standard InChI is InChI=1S/C35H54O10/c1-18(2)15-27(38)45-32-31(43-21(5)37)29-25(35(40)14-12-24(19(3)36)34(32,35)7)10-9-22-16-23(11-13-33(22,29)6)44-28-17-26(41-8)30(39)20(4)42-28/h9,18,20,23-26,28-32,39-40H,10-17H2,1-8H3. The first-order valence-electron chi connectivity index (χ1n) is 16.9. The predicted molar refractivity (Wildman–Crippen MR) is 164 cm³/mol. The zero-order valence-electron chi connectivity index (χ0n) is 28.2. The molecule has 2 N–H and O–H groups in total. The molecule has 3 saturated carbocycles. The van der Waals surface area contributed by atoms with Crippen LogP contribution in [-0.4, -0.2) is 83.6 Å². The van der Waals surface area contributed by atoms with Gasteiger partial charge in [0.15, 0.2) is 6.29 Å². The molecule has 0 aromatic carbocycles. The van der Waals surface area contributed by atoms with Gasteiger partial charge in [-0.1, -0.05) is 39.3 Å². The second kappa shape index (κ2) is 12.6. The molecule has 45 heavy (non-hydrogen) atoms. The van der Waals surface area contributed by atoms with Gasteiger partial charge in [0, 0.05) is 44.1 Å². The molecule has 254 valence electrons. The first-order chi connectivity index (χ1) is 21.1. The van der Waals surface area contributed by atoms with E-state index in [9.17, 15) is 24.6 Å². The van der Waals surface area contributed by atoms with Crippen LogP contribution in [-0.2, 0) is 38.1 Å². The summed E-state index contributed by atoms with van der Waals surface area (Å²) in [6.45, 7) is 12.6. The van der Waals surface area contributed by atoms with Crippen molar-refractivity contribution >= 4 is 17.7 Å². The molecule has 0 bridgehead atoms. The van der Waals surface area contributed by atoms with Crippen LogP contribution in [0.2, 0.25) is 0 Å². The van der Waals surface area contributed by atoms with Crippen LogP contribution in [0.5, 0.6) is 0 Å². The second-order valence-electron chi connectivity index (χ2n) is 15.3. The summed E-state index contributed by atoms with van der Waals surface area (Å²) in [5.41, 5.74) is -1.71. The van der Waals surface area contributed by atoms with Gasteiger partial charge in [-0.05, 0) is 69.6 Å². The molecule has 1 saturated heterocycles. The van der Waals surface area contributed by atoms with E-state index in [1.54, 1.807) is 7.11 Å². The van der Waals surface area contributed by atoms with Gasteiger partial charge in [-0.15, -0.1) is 0 Å². The van der Waals surface area contributed by atoms with E-state index in [2.05, 4.69) is 13.0 Å². The van der Waals surface area contributed by atoms with E-state index < -0.39 is 65.0 Å². The number of ether oxygens (including phenoxy) is 5. The maximum absolute atomic E-state index is 13.3. The molecular weight excluding hydrogens is 580 g/mol. The van der Waals surface area contributed by atoms with Gasteiger partial charge in [0.1, 0.15) is 24.1 Å². The molecule has 0 spiro atoms. The molecule has 0 radical (unpaired) electrons. The van der Waals surface area contributed by atoms with Gasteiger partial charge in [0.05, 0.1) is 23.9 Å². The minimum Gasteiger partial charge on any atom is -0.458 e. The lowest BCUT2D eigenvalue weighted by molar-refractivity contribution is -0.279. The number of methoxy groups -OCH3 is 1. The van der Waals surface area contributed by atoms with Crippen molar-refractivity contribution in [2.24, 2.45) is 34.5 Å². The van der Waals surface area contributed by atoms with E-state index >= 15 is 0 Å². The highest BCUT2D eigenvalue weighted by molar-refractivity contribution is 5.80. The Bertz CT molecular complexity index is 1180.